The van der Waals surface area contributed by atoms with E-state index in [2.05, 4.69) is 9.97 Å². The van der Waals surface area contributed by atoms with Gasteiger partial charge in [-0.2, -0.15) is 0 Å². The first kappa shape index (κ1) is 20.1. The minimum atomic E-state index is -0.974. The second-order valence-electron chi connectivity index (χ2n) is 6.58. The van der Waals surface area contributed by atoms with Gasteiger partial charge in [-0.05, 0) is 13.0 Å². The van der Waals surface area contributed by atoms with Crippen molar-refractivity contribution in [2.24, 2.45) is 0 Å². The molecule has 0 saturated heterocycles. The average molecular weight is 402 g/mol. The number of carbonyl (C=O) groups excluding carboxylic acids is 2. The summed E-state index contributed by atoms with van der Waals surface area (Å²) in [6, 6.07) is 7.49. The molecule has 0 aliphatic rings. The predicted octanol–water partition coefficient (Wildman–Crippen LogP) is 1.66. The molecule has 0 saturated carbocycles. The fourth-order valence-electron chi connectivity index (χ4n) is 2.89. The van der Waals surface area contributed by atoms with E-state index in [0.29, 0.717) is 22.8 Å². The van der Waals surface area contributed by atoms with Crippen LogP contribution in [0, 0.1) is 0 Å². The number of rotatable bonds is 7. The number of nitrogens with one attached hydrogen (secondary N) is 1. The van der Waals surface area contributed by atoms with Crippen LogP contribution in [0.15, 0.2) is 34.2 Å². The maximum atomic E-state index is 13.1. The number of nitrogens with zero attached hydrogens (tertiary/aromatic N) is 3. The van der Waals surface area contributed by atoms with Crippen molar-refractivity contribution in [3.05, 3.63) is 34.6 Å². The van der Waals surface area contributed by atoms with Crippen LogP contribution in [-0.4, -0.2) is 64.2 Å². The van der Waals surface area contributed by atoms with Gasteiger partial charge in [0.15, 0.2) is 10.9 Å². The van der Waals surface area contributed by atoms with Crippen LogP contribution in [0.1, 0.15) is 6.92 Å². The van der Waals surface area contributed by atoms with Crippen LogP contribution < -0.4 is 5.56 Å². The molecule has 1 N–H and O–H groups in total. The Kier molecular flexibility index (Phi) is 5.85. The molecule has 3 rings (SSSR count). The van der Waals surface area contributed by atoms with Crippen molar-refractivity contribution < 1.29 is 14.3 Å². The molecule has 0 aliphatic heterocycles. The molecule has 0 fully saturated rings. The summed E-state index contributed by atoms with van der Waals surface area (Å²) in [7, 11) is 4.72. The molecule has 3 aromatic rings. The van der Waals surface area contributed by atoms with E-state index in [-0.39, 0.29) is 23.8 Å². The number of para-hydroxylation sites is 1. The number of H-pyrrole nitrogens is 1. The lowest BCUT2D eigenvalue weighted by Gasteiger charge is -2.19. The maximum absolute atomic E-state index is 13.1. The van der Waals surface area contributed by atoms with Crippen LogP contribution in [0.3, 0.4) is 0 Å². The van der Waals surface area contributed by atoms with Gasteiger partial charge in [-0.1, -0.05) is 30.0 Å². The van der Waals surface area contributed by atoms with Gasteiger partial charge in [0.2, 0.25) is 5.91 Å². The first-order valence-corrected chi connectivity index (χ1v) is 9.61. The monoisotopic (exact) mass is 402 g/mol. The van der Waals surface area contributed by atoms with E-state index in [1.54, 1.807) is 21.2 Å². The second-order valence-corrected chi connectivity index (χ2v) is 7.65. The topological polar surface area (TPSA) is 97.3 Å². The predicted molar refractivity (Wildman–Crippen MR) is 109 cm³/mol. The molecule has 1 unspecified atom stereocenters. The van der Waals surface area contributed by atoms with Gasteiger partial charge in [-0.15, -0.1) is 0 Å². The zero-order valence-electron chi connectivity index (χ0n) is 16.2. The van der Waals surface area contributed by atoms with E-state index in [4.69, 9.17) is 4.74 Å². The molecule has 1 amide bonds. The smallest absolute Gasteiger partial charge is 0.278 e. The summed E-state index contributed by atoms with van der Waals surface area (Å²) in [4.78, 5) is 46.8. The molecule has 28 heavy (non-hydrogen) atoms. The summed E-state index contributed by atoms with van der Waals surface area (Å²) in [5.74, 6) is -0.640. The number of thioether (sulfide) groups is 1. The van der Waals surface area contributed by atoms with E-state index in [1.807, 2.05) is 24.3 Å². The summed E-state index contributed by atoms with van der Waals surface area (Å²) in [5.41, 5.74) is 1.45. The molecule has 1 aromatic carbocycles. The largest absolute Gasteiger partial charge is 0.383 e. The van der Waals surface area contributed by atoms with Crippen molar-refractivity contribution in [3.8, 4) is 0 Å². The van der Waals surface area contributed by atoms with Crippen LogP contribution in [0.2, 0.25) is 0 Å². The third kappa shape index (κ3) is 3.67. The average Bonchev–Trinajstić information content (AvgIpc) is 3.03. The van der Waals surface area contributed by atoms with Gasteiger partial charge in [0.1, 0.15) is 16.3 Å². The third-order valence-electron chi connectivity index (χ3n) is 4.35. The number of ketones is 1. The van der Waals surface area contributed by atoms with Gasteiger partial charge < -0.3 is 14.6 Å². The van der Waals surface area contributed by atoms with Crippen molar-refractivity contribution in [1.82, 2.24) is 19.4 Å². The van der Waals surface area contributed by atoms with Crippen LogP contribution in [-0.2, 0) is 20.9 Å². The molecule has 8 nitrogen and oxygen atoms in total. The summed E-state index contributed by atoms with van der Waals surface area (Å²) < 4.78 is 6.56. The summed E-state index contributed by atoms with van der Waals surface area (Å²) in [5, 5.41) is 0.154. The van der Waals surface area contributed by atoms with E-state index >= 15 is 0 Å². The molecular formula is C19H22N4O4S. The first-order valence-electron chi connectivity index (χ1n) is 8.73. The van der Waals surface area contributed by atoms with Crippen molar-refractivity contribution in [1.29, 1.82) is 0 Å². The Balaban J connectivity index is 2.20. The van der Waals surface area contributed by atoms with Crippen LogP contribution in [0.25, 0.3) is 21.9 Å². The summed E-state index contributed by atoms with van der Waals surface area (Å²) in [6.07, 6.45) is 0. The number of aromatic amines is 1. The highest BCUT2D eigenvalue weighted by Crippen LogP contribution is 2.27. The van der Waals surface area contributed by atoms with E-state index in [0.717, 1.165) is 22.7 Å². The number of methoxy groups -OCH3 is 1. The standard InChI is InChI=1S/C19H22N4O4S/c1-11(24)16(18(26)22(2)3)28-19-21-14-12-7-5-6-8-13(12)20-15(14)17(25)23(19)9-10-27-4/h5-8,16,20H,9-10H2,1-4H3. The van der Waals surface area contributed by atoms with Gasteiger partial charge in [0, 0.05) is 32.1 Å². The van der Waals surface area contributed by atoms with E-state index in [9.17, 15) is 14.4 Å². The fourth-order valence-corrected chi connectivity index (χ4v) is 4.03. The summed E-state index contributed by atoms with van der Waals surface area (Å²) in [6.45, 7) is 1.92. The molecular weight excluding hydrogens is 380 g/mol. The number of hydrogen-bond donors (Lipinski definition) is 1. The Morgan fingerprint density at radius 2 is 2.04 bits per heavy atom. The Morgan fingerprint density at radius 1 is 1.32 bits per heavy atom. The molecule has 2 aromatic heterocycles. The lowest BCUT2D eigenvalue weighted by atomic mass is 10.2. The van der Waals surface area contributed by atoms with Gasteiger partial charge in [0.25, 0.3) is 5.56 Å². The molecule has 0 aliphatic carbocycles. The SMILES string of the molecule is COCCn1c(SC(C(C)=O)C(=O)N(C)C)nc2c([nH]c3ccccc32)c1=O. The zero-order valence-corrected chi connectivity index (χ0v) is 17.0. The van der Waals surface area contributed by atoms with Crippen molar-refractivity contribution in [2.75, 3.05) is 27.8 Å². The minimum Gasteiger partial charge on any atom is -0.383 e. The maximum Gasteiger partial charge on any atom is 0.278 e. The van der Waals surface area contributed by atoms with Crippen LogP contribution in [0.5, 0.6) is 0 Å². The highest BCUT2D eigenvalue weighted by molar-refractivity contribution is 8.01. The highest BCUT2D eigenvalue weighted by atomic mass is 32.2. The lowest BCUT2D eigenvalue weighted by molar-refractivity contribution is -0.132. The zero-order chi connectivity index (χ0) is 20.4. The van der Waals surface area contributed by atoms with Crippen LogP contribution in [0.4, 0.5) is 0 Å². The number of Topliss-reactive ketones (excluding diaryl/α,β-unsaturated/α-hetero) is 1. The second kappa shape index (κ2) is 8.15. The Hall–Kier alpha value is -2.65. The molecule has 2 heterocycles. The first-order chi connectivity index (χ1) is 13.3. The van der Waals surface area contributed by atoms with Gasteiger partial charge in [-0.3, -0.25) is 19.0 Å². The van der Waals surface area contributed by atoms with Crippen molar-refractivity contribution in [3.63, 3.8) is 0 Å². The molecule has 0 spiro atoms. The Morgan fingerprint density at radius 3 is 2.68 bits per heavy atom. The van der Waals surface area contributed by atoms with Gasteiger partial charge in [0.05, 0.1) is 13.2 Å². The number of fused-ring (bicyclic) bond motifs is 3. The quantitative estimate of drug-likeness (QED) is 0.367. The molecule has 0 bridgehead atoms. The molecule has 148 valence electrons. The number of benzene rings is 1. The van der Waals surface area contributed by atoms with E-state index in [1.165, 1.54) is 16.4 Å². The molecule has 1 atom stereocenters. The highest BCUT2D eigenvalue weighted by Gasteiger charge is 2.29. The Bertz CT molecular complexity index is 1100. The molecule has 9 heteroatoms. The van der Waals surface area contributed by atoms with Crippen molar-refractivity contribution >= 4 is 45.4 Å². The normalized spacial score (nSPS) is 12.4. The third-order valence-corrected chi connectivity index (χ3v) is 5.64. The molecule has 0 radical (unpaired) electrons. The van der Waals surface area contributed by atoms with Crippen molar-refractivity contribution in [2.45, 2.75) is 23.9 Å². The van der Waals surface area contributed by atoms with Crippen LogP contribution >= 0.6 is 11.8 Å². The van der Waals surface area contributed by atoms with E-state index < -0.39 is 5.25 Å². The number of carbonyl (C=O) groups is 2. The Labute approximate surface area is 165 Å². The minimum absolute atomic E-state index is 0.261. The number of hydrogen-bond acceptors (Lipinski definition) is 6. The lowest BCUT2D eigenvalue weighted by Crippen LogP contribution is -2.37. The number of amides is 1. The summed E-state index contributed by atoms with van der Waals surface area (Å²) >= 11 is 0.993. The van der Waals surface area contributed by atoms with Gasteiger partial charge in [-0.25, -0.2) is 4.98 Å². The number of aromatic nitrogens is 3. The number of ether oxygens (including phenoxy) is 1. The van der Waals surface area contributed by atoms with Gasteiger partial charge >= 0.3 is 0 Å². The fraction of sp³-hybridized carbons (Fsp3) is 0.368.